The molecule has 0 aromatic heterocycles. The van der Waals surface area contributed by atoms with Gasteiger partial charge in [0.25, 0.3) is 0 Å². The molecule has 0 unspecified atom stereocenters. The summed E-state index contributed by atoms with van der Waals surface area (Å²) in [5, 5.41) is 0. The van der Waals surface area contributed by atoms with Gasteiger partial charge in [-0.2, -0.15) is 0 Å². The molecule has 0 aliphatic carbocycles. The Kier molecular flexibility index (Phi) is 2.21. The Hall–Kier alpha value is 0.490. The lowest BCUT2D eigenvalue weighted by Gasteiger charge is -2.20. The molecule has 54 valence electrons. The molecule has 0 aromatic rings. The molecule has 1 fully saturated rings. The minimum atomic E-state index is -2.17. The van der Waals surface area contributed by atoms with Gasteiger partial charge in [0.2, 0.25) is 0 Å². The van der Waals surface area contributed by atoms with E-state index >= 15 is 0 Å². The Bertz CT molecular complexity index is 140. The van der Waals surface area contributed by atoms with E-state index in [0.29, 0.717) is 13.3 Å². The van der Waals surface area contributed by atoms with E-state index in [9.17, 15) is 0 Å². The maximum atomic E-state index is 5.49. The summed E-state index contributed by atoms with van der Waals surface area (Å²) >= 11 is 4.86. The predicted octanol–water partition coefficient (Wildman–Crippen LogP) is -0.582. The Labute approximate surface area is 59.3 Å². The molecule has 9 heavy (non-hydrogen) atoms. The van der Waals surface area contributed by atoms with Gasteiger partial charge in [0.1, 0.15) is 13.2 Å². The van der Waals surface area contributed by atoms with Crippen molar-refractivity contribution in [1.82, 2.24) is 4.67 Å². The van der Waals surface area contributed by atoms with Gasteiger partial charge in [-0.25, -0.2) is 4.67 Å². The van der Waals surface area contributed by atoms with Gasteiger partial charge < -0.3 is 4.74 Å². The average Bonchev–Trinajstić information content (AvgIpc) is 2.08. The fourth-order valence-corrected chi connectivity index (χ4v) is 1.69. The second-order valence-corrected chi connectivity index (χ2v) is 5.61. The molecule has 0 bridgehead atoms. The second-order valence-electron chi connectivity index (χ2n) is 1.94. The van der Waals surface area contributed by atoms with E-state index < -0.39 is 6.49 Å². The molecule has 0 saturated carbocycles. The van der Waals surface area contributed by atoms with E-state index in [1.807, 2.05) is 4.67 Å². The van der Waals surface area contributed by atoms with Crippen LogP contribution in [0, 0.1) is 0 Å². The summed E-state index contributed by atoms with van der Waals surface area (Å²) in [6, 6.07) is 0. The number of hydrogen-bond acceptors (Lipinski definition) is 2. The molecule has 1 aliphatic rings. The molecule has 0 amide bonds. The topological polar surface area (TPSA) is 64.5 Å². The van der Waals surface area contributed by atoms with Crippen molar-refractivity contribution in [3.63, 3.8) is 0 Å². The highest BCUT2D eigenvalue weighted by molar-refractivity contribution is 8.11. The van der Waals surface area contributed by atoms with Crippen LogP contribution < -0.4 is 11.0 Å². The van der Waals surface area contributed by atoms with Gasteiger partial charge in [0, 0.05) is 6.54 Å². The van der Waals surface area contributed by atoms with Crippen LogP contribution in [0.15, 0.2) is 0 Å². The fraction of sp³-hybridized carbons (Fsp3) is 1.00. The average molecular weight is 167 g/mol. The standard InChI is InChI=1S/C3H10N3OPS/c4-8(5,9)6-1-2-7-3-6/h1-3H2,(H4,4,5,9). The lowest BCUT2D eigenvalue weighted by Crippen LogP contribution is -2.25. The van der Waals surface area contributed by atoms with E-state index in [4.69, 9.17) is 27.6 Å². The molecule has 6 heteroatoms. The van der Waals surface area contributed by atoms with Crippen LogP contribution in [0.4, 0.5) is 0 Å². The molecular weight excluding hydrogens is 157 g/mol. The van der Waals surface area contributed by atoms with Crippen LogP contribution in [0.25, 0.3) is 0 Å². The fourth-order valence-electron chi connectivity index (χ4n) is 0.651. The van der Waals surface area contributed by atoms with Crippen molar-refractivity contribution in [2.24, 2.45) is 11.0 Å². The van der Waals surface area contributed by atoms with Crippen LogP contribution in [-0.4, -0.2) is 24.6 Å². The Morgan fingerprint density at radius 1 is 1.56 bits per heavy atom. The molecule has 1 heterocycles. The van der Waals surface area contributed by atoms with E-state index in [1.165, 1.54) is 0 Å². The summed E-state index contributed by atoms with van der Waals surface area (Å²) in [5.74, 6) is 0. The zero-order valence-electron chi connectivity index (χ0n) is 4.99. The first-order chi connectivity index (χ1) is 4.11. The first-order valence-electron chi connectivity index (χ1n) is 2.61. The van der Waals surface area contributed by atoms with Crippen LogP contribution in [0.3, 0.4) is 0 Å². The van der Waals surface area contributed by atoms with E-state index in [0.717, 1.165) is 6.54 Å². The molecule has 0 spiro atoms. The highest BCUT2D eigenvalue weighted by atomic mass is 32.4. The molecule has 0 radical (unpaired) electrons. The zero-order chi connectivity index (χ0) is 6.91. The largest absolute Gasteiger partial charge is 0.364 e. The van der Waals surface area contributed by atoms with Gasteiger partial charge in [-0.3, -0.25) is 11.0 Å². The van der Waals surface area contributed by atoms with Crippen molar-refractivity contribution in [3.05, 3.63) is 0 Å². The molecule has 1 rings (SSSR count). The summed E-state index contributed by atoms with van der Waals surface area (Å²) in [7, 11) is 0. The van der Waals surface area contributed by atoms with Gasteiger partial charge in [0.15, 0.2) is 0 Å². The number of ether oxygens (including phenoxy) is 1. The molecule has 1 aliphatic heterocycles. The van der Waals surface area contributed by atoms with Crippen LogP contribution >= 0.6 is 6.49 Å². The molecule has 4 N–H and O–H groups in total. The van der Waals surface area contributed by atoms with Gasteiger partial charge in [-0.15, -0.1) is 0 Å². The highest BCUT2D eigenvalue weighted by Gasteiger charge is 2.20. The second kappa shape index (κ2) is 2.62. The summed E-state index contributed by atoms with van der Waals surface area (Å²) in [6.07, 6.45) is 0. The van der Waals surface area contributed by atoms with E-state index in [1.54, 1.807) is 0 Å². The van der Waals surface area contributed by atoms with Crippen LogP contribution in [-0.2, 0) is 16.5 Å². The number of nitrogens with two attached hydrogens (primary N) is 2. The molecular formula is C3H10N3OPS. The minimum absolute atomic E-state index is 0.504. The number of rotatable bonds is 1. The monoisotopic (exact) mass is 167 g/mol. The zero-order valence-corrected chi connectivity index (χ0v) is 6.70. The molecule has 4 nitrogen and oxygen atoms in total. The third-order valence-electron chi connectivity index (χ3n) is 1.18. The lowest BCUT2D eigenvalue weighted by molar-refractivity contribution is 0.173. The molecule has 0 aromatic carbocycles. The predicted molar refractivity (Wildman–Crippen MR) is 40.2 cm³/mol. The summed E-state index contributed by atoms with van der Waals surface area (Å²) < 4.78 is 6.82. The van der Waals surface area contributed by atoms with Crippen molar-refractivity contribution < 1.29 is 4.74 Å². The smallest absolute Gasteiger partial charge is 0.137 e. The van der Waals surface area contributed by atoms with Crippen LogP contribution in [0.2, 0.25) is 0 Å². The van der Waals surface area contributed by atoms with E-state index in [-0.39, 0.29) is 0 Å². The number of hydrogen-bond donors (Lipinski definition) is 2. The maximum absolute atomic E-state index is 5.49. The molecule has 1 saturated heterocycles. The van der Waals surface area contributed by atoms with Gasteiger partial charge in [-0.05, 0) is 11.8 Å². The quantitative estimate of drug-likeness (QED) is 0.511. The van der Waals surface area contributed by atoms with Gasteiger partial charge in [0.05, 0.1) is 6.61 Å². The first kappa shape index (κ1) is 7.60. The van der Waals surface area contributed by atoms with Crippen molar-refractivity contribution in [2.45, 2.75) is 0 Å². The Balaban J connectivity index is 2.52. The third kappa shape index (κ3) is 1.97. The maximum Gasteiger partial charge on any atom is 0.137 e. The lowest BCUT2D eigenvalue weighted by atomic mass is 10.7. The first-order valence-corrected chi connectivity index (χ1v) is 5.50. The normalized spacial score (nSPS) is 22.9. The van der Waals surface area contributed by atoms with Crippen molar-refractivity contribution in [3.8, 4) is 0 Å². The van der Waals surface area contributed by atoms with Crippen molar-refractivity contribution in [2.75, 3.05) is 19.9 Å². The highest BCUT2D eigenvalue weighted by Crippen LogP contribution is 2.32. The van der Waals surface area contributed by atoms with Crippen LogP contribution in [0.5, 0.6) is 0 Å². The van der Waals surface area contributed by atoms with Crippen molar-refractivity contribution in [1.29, 1.82) is 0 Å². The van der Waals surface area contributed by atoms with Crippen molar-refractivity contribution >= 4 is 18.3 Å². The third-order valence-corrected chi connectivity index (χ3v) is 3.07. The van der Waals surface area contributed by atoms with Crippen LogP contribution in [0.1, 0.15) is 0 Å². The van der Waals surface area contributed by atoms with Gasteiger partial charge in [-0.1, -0.05) is 0 Å². The summed E-state index contributed by atoms with van der Waals surface area (Å²) in [5.41, 5.74) is 11.0. The van der Waals surface area contributed by atoms with Gasteiger partial charge >= 0.3 is 0 Å². The SMILES string of the molecule is NP(N)(=S)N1CCOC1. The molecule has 0 atom stereocenters. The Morgan fingerprint density at radius 3 is 2.44 bits per heavy atom. The summed E-state index contributed by atoms with van der Waals surface area (Å²) in [4.78, 5) is 0. The van der Waals surface area contributed by atoms with E-state index in [2.05, 4.69) is 0 Å². The minimum Gasteiger partial charge on any atom is -0.364 e. The summed E-state index contributed by atoms with van der Waals surface area (Å²) in [6.45, 7) is -0.184. The Morgan fingerprint density at radius 2 is 2.22 bits per heavy atom. The number of nitrogens with zero attached hydrogens (tertiary/aromatic N) is 1.